The lowest BCUT2D eigenvalue weighted by atomic mass is 10.3. The van der Waals surface area contributed by atoms with Crippen LogP contribution in [-0.4, -0.2) is 42.6 Å². The highest BCUT2D eigenvalue weighted by atomic mass is 19.1. The van der Waals surface area contributed by atoms with E-state index >= 15 is 0 Å². The lowest BCUT2D eigenvalue weighted by molar-refractivity contribution is 0.208. The summed E-state index contributed by atoms with van der Waals surface area (Å²) < 4.78 is 12.8. The van der Waals surface area contributed by atoms with E-state index < -0.39 is 0 Å². The van der Waals surface area contributed by atoms with Crippen LogP contribution < -0.4 is 16.0 Å². The van der Waals surface area contributed by atoms with Crippen LogP contribution in [0.1, 0.15) is 13.3 Å². The van der Waals surface area contributed by atoms with Crippen molar-refractivity contribution in [3.05, 3.63) is 30.1 Å². The van der Waals surface area contributed by atoms with Crippen molar-refractivity contribution in [1.29, 1.82) is 0 Å². The van der Waals surface area contributed by atoms with Crippen molar-refractivity contribution in [2.45, 2.75) is 19.4 Å². The second-order valence-electron chi connectivity index (χ2n) is 4.87. The first kappa shape index (κ1) is 15.1. The Labute approximate surface area is 122 Å². The molecule has 1 atom stereocenters. The number of urea groups is 2. The molecule has 0 unspecified atom stereocenters. The highest BCUT2D eigenvalue weighted by molar-refractivity contribution is 5.89. The predicted octanol–water partition coefficient (Wildman–Crippen LogP) is 1.75. The van der Waals surface area contributed by atoms with Crippen molar-refractivity contribution in [1.82, 2.24) is 15.5 Å². The van der Waals surface area contributed by atoms with E-state index in [1.165, 1.54) is 24.3 Å². The number of hydrogen-bond acceptors (Lipinski definition) is 2. The quantitative estimate of drug-likeness (QED) is 0.794. The molecule has 1 saturated heterocycles. The summed E-state index contributed by atoms with van der Waals surface area (Å²) in [6.45, 7) is 3.55. The Morgan fingerprint density at radius 3 is 2.71 bits per heavy atom. The number of likely N-dealkylation sites (tertiary alicyclic amines) is 1. The van der Waals surface area contributed by atoms with Gasteiger partial charge in [-0.1, -0.05) is 0 Å². The van der Waals surface area contributed by atoms with Crippen LogP contribution in [0.4, 0.5) is 19.7 Å². The fourth-order valence-corrected chi connectivity index (χ4v) is 2.21. The van der Waals surface area contributed by atoms with E-state index in [2.05, 4.69) is 16.0 Å². The molecule has 21 heavy (non-hydrogen) atoms. The third-order valence-electron chi connectivity index (χ3n) is 3.24. The number of carbonyl (C=O) groups excluding carboxylic acids is 2. The van der Waals surface area contributed by atoms with Crippen LogP contribution in [0.3, 0.4) is 0 Å². The number of halogens is 1. The fraction of sp³-hybridized carbons (Fsp3) is 0.429. The first-order valence-corrected chi connectivity index (χ1v) is 6.94. The van der Waals surface area contributed by atoms with E-state index in [0.717, 1.165) is 0 Å². The number of carbonyl (C=O) groups is 2. The van der Waals surface area contributed by atoms with Gasteiger partial charge in [0.05, 0.1) is 0 Å². The second-order valence-corrected chi connectivity index (χ2v) is 4.87. The summed E-state index contributed by atoms with van der Waals surface area (Å²) in [5.74, 6) is -0.352. The summed E-state index contributed by atoms with van der Waals surface area (Å²) >= 11 is 0. The predicted molar refractivity (Wildman–Crippen MR) is 77.6 cm³/mol. The second kappa shape index (κ2) is 6.92. The number of amides is 4. The Bertz CT molecular complexity index is 506. The molecule has 0 aliphatic carbocycles. The summed E-state index contributed by atoms with van der Waals surface area (Å²) in [5, 5.41) is 8.16. The van der Waals surface area contributed by atoms with Crippen LogP contribution in [0.2, 0.25) is 0 Å². The lowest BCUT2D eigenvalue weighted by Crippen LogP contribution is -2.43. The molecule has 6 nitrogen and oxygen atoms in total. The van der Waals surface area contributed by atoms with Crippen LogP contribution >= 0.6 is 0 Å². The summed E-state index contributed by atoms with van der Waals surface area (Å²) in [6.07, 6.45) is 0.716. The van der Waals surface area contributed by atoms with Crippen molar-refractivity contribution in [3.63, 3.8) is 0 Å². The third kappa shape index (κ3) is 4.34. The Hall–Kier alpha value is -2.31. The molecule has 2 rings (SSSR count). The minimum atomic E-state index is -0.357. The maximum absolute atomic E-state index is 12.8. The van der Waals surface area contributed by atoms with E-state index in [0.29, 0.717) is 31.7 Å². The highest BCUT2D eigenvalue weighted by Crippen LogP contribution is 2.11. The van der Waals surface area contributed by atoms with E-state index in [9.17, 15) is 14.0 Å². The van der Waals surface area contributed by atoms with Gasteiger partial charge in [0, 0.05) is 31.4 Å². The van der Waals surface area contributed by atoms with Crippen molar-refractivity contribution in [2.75, 3.05) is 25.0 Å². The first-order valence-electron chi connectivity index (χ1n) is 6.94. The standard InChI is InChI=1S/C14H19FN4O2/c1-2-16-14(21)19-8-7-12(9-19)18-13(20)17-11-5-3-10(15)4-6-11/h3-6,12H,2,7-9H2,1H3,(H,16,21)(H2,17,18,20)/t12-/m0/s1. The average molecular weight is 294 g/mol. The maximum atomic E-state index is 12.8. The molecule has 0 aromatic heterocycles. The molecule has 1 aromatic rings. The van der Waals surface area contributed by atoms with Crippen LogP contribution in [0.5, 0.6) is 0 Å². The van der Waals surface area contributed by atoms with Gasteiger partial charge in [-0.15, -0.1) is 0 Å². The van der Waals surface area contributed by atoms with E-state index in [1.54, 1.807) is 4.90 Å². The normalized spacial score (nSPS) is 17.4. The van der Waals surface area contributed by atoms with Gasteiger partial charge in [0.15, 0.2) is 0 Å². The largest absolute Gasteiger partial charge is 0.338 e. The van der Waals surface area contributed by atoms with Crippen LogP contribution in [0.25, 0.3) is 0 Å². The first-order chi connectivity index (χ1) is 10.1. The zero-order valence-corrected chi connectivity index (χ0v) is 11.9. The van der Waals surface area contributed by atoms with Crippen molar-refractivity contribution < 1.29 is 14.0 Å². The number of anilines is 1. The molecule has 1 aliphatic heterocycles. The van der Waals surface area contributed by atoms with E-state index in [-0.39, 0.29) is 23.9 Å². The summed E-state index contributed by atoms with van der Waals surface area (Å²) in [6, 6.07) is 5.00. The van der Waals surface area contributed by atoms with E-state index in [1.807, 2.05) is 6.92 Å². The number of benzene rings is 1. The van der Waals surface area contributed by atoms with Crippen molar-refractivity contribution >= 4 is 17.7 Å². The number of nitrogens with one attached hydrogen (secondary N) is 3. The van der Waals surface area contributed by atoms with Gasteiger partial charge in [-0.05, 0) is 37.6 Å². The van der Waals surface area contributed by atoms with E-state index in [4.69, 9.17) is 0 Å². The Morgan fingerprint density at radius 1 is 1.33 bits per heavy atom. The van der Waals surface area contributed by atoms with Gasteiger partial charge in [-0.2, -0.15) is 0 Å². The monoisotopic (exact) mass is 294 g/mol. The molecule has 0 spiro atoms. The molecular formula is C14H19FN4O2. The summed E-state index contributed by atoms with van der Waals surface area (Å²) in [4.78, 5) is 25.1. The molecule has 1 aromatic carbocycles. The topological polar surface area (TPSA) is 73.5 Å². The van der Waals surface area contributed by atoms with Gasteiger partial charge < -0.3 is 20.9 Å². The summed E-state index contributed by atoms with van der Waals surface area (Å²) in [7, 11) is 0. The van der Waals surface area contributed by atoms with Gasteiger partial charge >= 0.3 is 12.1 Å². The minimum Gasteiger partial charge on any atom is -0.338 e. The van der Waals surface area contributed by atoms with Gasteiger partial charge in [0.2, 0.25) is 0 Å². The molecule has 1 fully saturated rings. The number of nitrogens with zero attached hydrogens (tertiary/aromatic N) is 1. The molecule has 4 amide bonds. The third-order valence-corrected chi connectivity index (χ3v) is 3.24. The molecule has 0 radical (unpaired) electrons. The van der Waals surface area contributed by atoms with Gasteiger partial charge in [-0.3, -0.25) is 0 Å². The van der Waals surface area contributed by atoms with Gasteiger partial charge in [-0.25, -0.2) is 14.0 Å². The minimum absolute atomic E-state index is 0.0759. The molecular weight excluding hydrogens is 275 g/mol. The summed E-state index contributed by atoms with van der Waals surface area (Å²) in [5.41, 5.74) is 0.521. The molecule has 1 heterocycles. The lowest BCUT2D eigenvalue weighted by Gasteiger charge is -2.17. The zero-order chi connectivity index (χ0) is 15.2. The number of rotatable bonds is 3. The Kier molecular flexibility index (Phi) is 4.97. The average Bonchev–Trinajstić information content (AvgIpc) is 2.90. The molecule has 3 N–H and O–H groups in total. The molecule has 0 saturated carbocycles. The molecule has 1 aliphatic rings. The van der Waals surface area contributed by atoms with Gasteiger partial charge in [0.25, 0.3) is 0 Å². The molecule has 114 valence electrons. The molecule has 0 bridgehead atoms. The number of hydrogen-bond donors (Lipinski definition) is 3. The Balaban J connectivity index is 1.78. The van der Waals surface area contributed by atoms with Crippen LogP contribution in [0.15, 0.2) is 24.3 Å². The van der Waals surface area contributed by atoms with Crippen LogP contribution in [0, 0.1) is 5.82 Å². The van der Waals surface area contributed by atoms with Gasteiger partial charge in [0.1, 0.15) is 5.82 Å². The fourth-order valence-electron chi connectivity index (χ4n) is 2.21. The maximum Gasteiger partial charge on any atom is 0.319 e. The van der Waals surface area contributed by atoms with Crippen molar-refractivity contribution in [2.24, 2.45) is 0 Å². The Morgan fingerprint density at radius 2 is 2.05 bits per heavy atom. The van der Waals surface area contributed by atoms with Crippen LogP contribution in [-0.2, 0) is 0 Å². The smallest absolute Gasteiger partial charge is 0.319 e. The van der Waals surface area contributed by atoms with Crippen molar-refractivity contribution in [3.8, 4) is 0 Å². The highest BCUT2D eigenvalue weighted by Gasteiger charge is 2.26. The SMILES string of the molecule is CCNC(=O)N1CC[C@H](NC(=O)Nc2ccc(F)cc2)C1. The zero-order valence-electron chi connectivity index (χ0n) is 11.9. The molecule has 7 heteroatoms.